The summed E-state index contributed by atoms with van der Waals surface area (Å²) in [6.45, 7) is 0. The molecule has 0 atom stereocenters. The van der Waals surface area contributed by atoms with Gasteiger partial charge in [-0.15, -0.1) is 5.56 Å². The molecule has 1 rings (SSSR count). The summed E-state index contributed by atoms with van der Waals surface area (Å²) < 4.78 is 0. The Hall–Kier alpha value is -0.622. The Morgan fingerprint density at radius 3 is 2.20 bits per heavy atom. The Bertz CT molecular complexity index is 208. The van der Waals surface area contributed by atoms with Gasteiger partial charge in [0.1, 0.15) is 0 Å². The zero-order valence-electron chi connectivity index (χ0n) is 5.03. The van der Waals surface area contributed by atoms with E-state index in [2.05, 4.69) is 6.07 Å². The number of carbonyl (C=O) groups excluding carboxylic acids is 1. The van der Waals surface area contributed by atoms with Crippen LogP contribution < -0.4 is 5.11 Å². The number of hydrogen-bond donors (Lipinski definition) is 0. The van der Waals surface area contributed by atoms with Crippen LogP contribution in [-0.2, 0) is 21.1 Å². The van der Waals surface area contributed by atoms with Gasteiger partial charge < -0.3 is 9.90 Å². The SMILES string of the molecule is O=C([O-])c1cc[c-]cc1.[W+2]. The molecule has 50 valence electrons. The summed E-state index contributed by atoms with van der Waals surface area (Å²) >= 11 is 0. The van der Waals surface area contributed by atoms with E-state index in [9.17, 15) is 9.90 Å². The summed E-state index contributed by atoms with van der Waals surface area (Å²) in [6, 6.07) is 8.64. The van der Waals surface area contributed by atoms with Crippen molar-refractivity contribution in [1.82, 2.24) is 0 Å². The Morgan fingerprint density at radius 2 is 1.90 bits per heavy atom. The van der Waals surface area contributed by atoms with Crippen LogP contribution in [-0.4, -0.2) is 5.97 Å². The molecule has 0 heterocycles. The topological polar surface area (TPSA) is 40.1 Å². The predicted molar refractivity (Wildman–Crippen MR) is 29.6 cm³/mol. The van der Waals surface area contributed by atoms with Crippen molar-refractivity contribution in [3.05, 3.63) is 35.9 Å². The molecule has 0 amide bonds. The first-order valence-corrected chi connectivity index (χ1v) is 2.48. The van der Waals surface area contributed by atoms with Crippen LogP contribution in [0.25, 0.3) is 0 Å². The molecule has 3 heteroatoms. The minimum atomic E-state index is -1.15. The van der Waals surface area contributed by atoms with Gasteiger partial charge in [-0.2, -0.15) is 30.3 Å². The number of carbonyl (C=O) groups is 1. The fourth-order valence-corrected chi connectivity index (χ4v) is 0.523. The molecule has 0 aromatic heterocycles. The first-order valence-electron chi connectivity index (χ1n) is 2.48. The number of hydrogen-bond acceptors (Lipinski definition) is 2. The number of benzene rings is 1. The van der Waals surface area contributed by atoms with Crippen molar-refractivity contribution in [2.45, 2.75) is 0 Å². The molecule has 0 aliphatic rings. The fourth-order valence-electron chi connectivity index (χ4n) is 0.523. The van der Waals surface area contributed by atoms with Crippen LogP contribution in [0.4, 0.5) is 0 Å². The van der Waals surface area contributed by atoms with Crippen LogP contribution in [0.3, 0.4) is 0 Å². The van der Waals surface area contributed by atoms with Crippen molar-refractivity contribution in [2.24, 2.45) is 0 Å². The average Bonchev–Trinajstić information content (AvgIpc) is 1.90. The standard InChI is InChI=1S/C7H5O2.W/c8-7(9)6-4-2-1-3-5-6;/h2-5H,(H,8,9);/q-1;+2/p-1. The normalized spacial score (nSPS) is 8.00. The van der Waals surface area contributed by atoms with E-state index in [0.29, 0.717) is 0 Å². The Balaban J connectivity index is 0.000000810. The molecule has 0 aliphatic carbocycles. The van der Waals surface area contributed by atoms with Gasteiger partial charge in [0.2, 0.25) is 0 Å². The van der Waals surface area contributed by atoms with Crippen LogP contribution in [0.1, 0.15) is 10.4 Å². The zero-order valence-corrected chi connectivity index (χ0v) is 7.97. The minimum Gasteiger partial charge on any atom is -0.547 e. The number of rotatable bonds is 1. The quantitative estimate of drug-likeness (QED) is 0.677. The molecule has 0 radical (unpaired) electrons. The summed E-state index contributed by atoms with van der Waals surface area (Å²) in [5.74, 6) is -1.15. The molecule has 0 saturated heterocycles. The van der Waals surface area contributed by atoms with E-state index in [1.54, 1.807) is 0 Å². The molecule has 0 spiro atoms. The third-order valence-electron chi connectivity index (χ3n) is 0.954. The summed E-state index contributed by atoms with van der Waals surface area (Å²) in [7, 11) is 0. The van der Waals surface area contributed by atoms with E-state index in [4.69, 9.17) is 0 Å². The van der Waals surface area contributed by atoms with Crippen LogP contribution >= 0.6 is 0 Å². The molecule has 0 bridgehead atoms. The summed E-state index contributed by atoms with van der Waals surface area (Å²) in [6.07, 6.45) is 0. The second-order valence-electron chi connectivity index (χ2n) is 1.58. The number of carboxylic acid groups (broad SMARTS) is 1. The molecule has 0 N–H and O–H groups in total. The molecule has 0 fully saturated rings. The number of aromatic carboxylic acids is 1. The third kappa shape index (κ3) is 2.32. The van der Waals surface area contributed by atoms with Gasteiger partial charge in [0.05, 0.1) is 0 Å². The zero-order chi connectivity index (χ0) is 6.69. The molecule has 0 unspecified atom stereocenters. The van der Waals surface area contributed by atoms with E-state index < -0.39 is 5.97 Å². The van der Waals surface area contributed by atoms with E-state index in [1.165, 1.54) is 24.3 Å². The van der Waals surface area contributed by atoms with Crippen LogP contribution in [0.2, 0.25) is 0 Å². The molecule has 1 aromatic rings. The summed E-state index contributed by atoms with van der Waals surface area (Å²) in [5.41, 5.74) is 0.189. The first-order chi connectivity index (χ1) is 4.30. The fraction of sp³-hybridized carbons (Fsp3) is 0. The van der Waals surface area contributed by atoms with Gasteiger partial charge in [0.25, 0.3) is 0 Å². The van der Waals surface area contributed by atoms with Gasteiger partial charge >= 0.3 is 21.1 Å². The Morgan fingerprint density at radius 1 is 1.40 bits per heavy atom. The Labute approximate surface area is 73.1 Å². The van der Waals surface area contributed by atoms with Crippen LogP contribution in [0.15, 0.2) is 24.3 Å². The van der Waals surface area contributed by atoms with Crippen molar-refractivity contribution in [1.29, 1.82) is 0 Å². The second-order valence-corrected chi connectivity index (χ2v) is 1.58. The average molecular weight is 304 g/mol. The molecule has 2 nitrogen and oxygen atoms in total. The molecule has 10 heavy (non-hydrogen) atoms. The van der Waals surface area contributed by atoms with E-state index in [-0.39, 0.29) is 26.6 Å². The maximum Gasteiger partial charge on any atom is 2.00 e. The summed E-state index contributed by atoms with van der Waals surface area (Å²) in [5, 5.41) is 10.1. The van der Waals surface area contributed by atoms with Gasteiger partial charge in [-0.1, -0.05) is 0 Å². The van der Waals surface area contributed by atoms with Gasteiger partial charge in [-0.05, 0) is 0 Å². The Kier molecular flexibility index (Phi) is 3.97. The second kappa shape index (κ2) is 4.23. The minimum absolute atomic E-state index is 0. The van der Waals surface area contributed by atoms with Gasteiger partial charge in [-0.25, -0.2) is 0 Å². The van der Waals surface area contributed by atoms with Crippen molar-refractivity contribution in [3.63, 3.8) is 0 Å². The van der Waals surface area contributed by atoms with Crippen molar-refractivity contribution < 1.29 is 31.0 Å². The van der Waals surface area contributed by atoms with Crippen molar-refractivity contribution in [3.8, 4) is 0 Å². The largest absolute Gasteiger partial charge is 2.00 e. The third-order valence-corrected chi connectivity index (χ3v) is 0.954. The van der Waals surface area contributed by atoms with Crippen LogP contribution in [0, 0.1) is 6.07 Å². The molecule has 1 aromatic carbocycles. The molecular weight excluding hydrogens is 300 g/mol. The van der Waals surface area contributed by atoms with Gasteiger partial charge in [0, 0.05) is 5.97 Å². The summed E-state index contributed by atoms with van der Waals surface area (Å²) in [4.78, 5) is 10.1. The van der Waals surface area contributed by atoms with Crippen LogP contribution in [0.5, 0.6) is 0 Å². The van der Waals surface area contributed by atoms with Gasteiger partial charge in [0.15, 0.2) is 0 Å². The number of carboxylic acids is 1. The first kappa shape index (κ1) is 9.38. The van der Waals surface area contributed by atoms with E-state index >= 15 is 0 Å². The molecule has 0 saturated carbocycles. The van der Waals surface area contributed by atoms with Crippen molar-refractivity contribution >= 4 is 5.97 Å². The monoisotopic (exact) mass is 304 g/mol. The van der Waals surface area contributed by atoms with E-state index in [0.717, 1.165) is 0 Å². The van der Waals surface area contributed by atoms with E-state index in [1.807, 2.05) is 0 Å². The predicted octanol–water partition coefficient (Wildman–Crippen LogP) is -0.152. The smallest absolute Gasteiger partial charge is 0.547 e. The molecular formula is C7H4O2W. The van der Waals surface area contributed by atoms with Crippen molar-refractivity contribution in [2.75, 3.05) is 0 Å². The van der Waals surface area contributed by atoms with Gasteiger partial charge in [-0.3, -0.25) is 0 Å². The maximum absolute atomic E-state index is 10.1. The maximum atomic E-state index is 10.1. The molecule has 0 aliphatic heterocycles.